The molecule has 0 aliphatic carbocycles. The average molecular weight is 346 g/mol. The molecule has 132 valence electrons. The molecule has 1 fully saturated rings. The summed E-state index contributed by atoms with van der Waals surface area (Å²) in [7, 11) is 2.10. The second-order valence-corrected chi connectivity index (χ2v) is 6.88. The number of nitrogens with zero attached hydrogens (tertiary/aromatic N) is 3. The number of carbonyl (C=O) groups excluding carboxylic acids is 1. The van der Waals surface area contributed by atoms with Gasteiger partial charge >= 0.3 is 0 Å². The molecule has 1 atom stereocenters. The van der Waals surface area contributed by atoms with Crippen molar-refractivity contribution < 1.29 is 4.79 Å². The number of para-hydroxylation sites is 1. The Morgan fingerprint density at radius 3 is 2.81 bits per heavy atom. The molecule has 0 unspecified atom stereocenters. The normalized spacial score (nSPS) is 18.0. The molecule has 0 bridgehead atoms. The van der Waals surface area contributed by atoms with Crippen molar-refractivity contribution in [3.63, 3.8) is 0 Å². The summed E-state index contributed by atoms with van der Waals surface area (Å²) in [6, 6.07) is 13.7. The van der Waals surface area contributed by atoms with E-state index in [0.29, 0.717) is 5.56 Å². The number of hydrogen-bond acceptors (Lipinski definition) is 4. The molecule has 1 amide bonds. The fraction of sp³-hybridized carbons (Fsp3) is 0.286. The second-order valence-electron chi connectivity index (χ2n) is 6.88. The van der Waals surface area contributed by atoms with E-state index in [1.807, 2.05) is 42.5 Å². The van der Waals surface area contributed by atoms with Gasteiger partial charge in [0, 0.05) is 35.9 Å². The second kappa shape index (κ2) is 7.22. The van der Waals surface area contributed by atoms with Crippen LogP contribution in [-0.2, 0) is 0 Å². The Bertz CT molecular complexity index is 926. The van der Waals surface area contributed by atoms with Crippen molar-refractivity contribution in [2.24, 2.45) is 0 Å². The van der Waals surface area contributed by atoms with Crippen molar-refractivity contribution in [3.8, 4) is 11.3 Å². The van der Waals surface area contributed by atoms with Gasteiger partial charge in [-0.15, -0.1) is 0 Å². The van der Waals surface area contributed by atoms with Crippen LogP contribution in [0.15, 0.2) is 54.9 Å². The molecule has 0 radical (unpaired) electrons. The molecule has 1 N–H and O–H groups in total. The van der Waals surface area contributed by atoms with Crippen LogP contribution < -0.4 is 5.32 Å². The third kappa shape index (κ3) is 3.44. The number of amides is 1. The largest absolute Gasteiger partial charge is 0.348 e. The van der Waals surface area contributed by atoms with Crippen molar-refractivity contribution in [3.05, 3.63) is 60.4 Å². The molecule has 5 nitrogen and oxygen atoms in total. The summed E-state index contributed by atoms with van der Waals surface area (Å²) < 4.78 is 0. The fourth-order valence-corrected chi connectivity index (χ4v) is 3.58. The lowest BCUT2D eigenvalue weighted by atomic mass is 10.0. The third-order valence-corrected chi connectivity index (χ3v) is 4.90. The third-order valence-electron chi connectivity index (χ3n) is 4.90. The van der Waals surface area contributed by atoms with Gasteiger partial charge in [0.25, 0.3) is 5.91 Å². The smallest absolute Gasteiger partial charge is 0.252 e. The highest BCUT2D eigenvalue weighted by Gasteiger charge is 2.21. The maximum absolute atomic E-state index is 13.0. The van der Waals surface area contributed by atoms with Crippen molar-refractivity contribution in [2.45, 2.75) is 18.9 Å². The van der Waals surface area contributed by atoms with Gasteiger partial charge in [-0.05, 0) is 50.7 Å². The van der Waals surface area contributed by atoms with Gasteiger partial charge in [-0.2, -0.15) is 0 Å². The van der Waals surface area contributed by atoms with Crippen LogP contribution in [0.4, 0.5) is 0 Å². The lowest BCUT2D eigenvalue weighted by Gasteiger charge is -2.30. The van der Waals surface area contributed by atoms with Crippen LogP contribution in [0, 0.1) is 0 Å². The molecule has 3 aromatic rings. The van der Waals surface area contributed by atoms with Crippen LogP contribution in [0.2, 0.25) is 0 Å². The number of fused-ring (bicyclic) bond motifs is 1. The number of rotatable bonds is 3. The SMILES string of the molecule is CN1CCC[C@@H](NC(=O)c2cc(-c3ccncc3)nc3ccccc23)C1. The van der Waals surface area contributed by atoms with Gasteiger partial charge in [-0.25, -0.2) is 4.98 Å². The van der Waals surface area contributed by atoms with E-state index in [0.717, 1.165) is 48.1 Å². The van der Waals surface area contributed by atoms with Crippen LogP contribution in [0.1, 0.15) is 23.2 Å². The van der Waals surface area contributed by atoms with Crippen molar-refractivity contribution in [2.75, 3.05) is 20.1 Å². The molecule has 4 rings (SSSR count). The Morgan fingerprint density at radius 2 is 2.00 bits per heavy atom. The number of carbonyl (C=O) groups is 1. The summed E-state index contributed by atoms with van der Waals surface area (Å²) in [5, 5.41) is 4.10. The zero-order valence-corrected chi connectivity index (χ0v) is 14.9. The van der Waals surface area contributed by atoms with Gasteiger partial charge in [-0.3, -0.25) is 9.78 Å². The van der Waals surface area contributed by atoms with Crippen molar-refractivity contribution in [1.29, 1.82) is 0 Å². The van der Waals surface area contributed by atoms with E-state index in [2.05, 4.69) is 22.2 Å². The van der Waals surface area contributed by atoms with Crippen LogP contribution in [0.3, 0.4) is 0 Å². The average Bonchev–Trinajstić information content (AvgIpc) is 2.68. The Hall–Kier alpha value is -2.79. The Kier molecular flexibility index (Phi) is 4.63. The minimum absolute atomic E-state index is 0.0285. The van der Waals surface area contributed by atoms with Gasteiger partial charge in [0.1, 0.15) is 0 Å². The van der Waals surface area contributed by atoms with Gasteiger partial charge in [-0.1, -0.05) is 18.2 Å². The predicted octanol–water partition coefficient (Wildman–Crippen LogP) is 3.12. The highest BCUT2D eigenvalue weighted by molar-refractivity contribution is 6.07. The van der Waals surface area contributed by atoms with Gasteiger partial charge in [0.05, 0.1) is 16.8 Å². The zero-order valence-electron chi connectivity index (χ0n) is 14.9. The Labute approximate surface area is 153 Å². The van der Waals surface area contributed by atoms with Gasteiger partial charge < -0.3 is 10.2 Å². The molecule has 26 heavy (non-hydrogen) atoms. The highest BCUT2D eigenvalue weighted by Crippen LogP contribution is 2.24. The number of pyridine rings is 2. The van der Waals surface area contributed by atoms with E-state index in [4.69, 9.17) is 4.98 Å². The first-order chi connectivity index (χ1) is 12.7. The summed E-state index contributed by atoms with van der Waals surface area (Å²) >= 11 is 0. The van der Waals surface area contributed by atoms with E-state index in [1.165, 1.54) is 0 Å². The number of hydrogen-bond donors (Lipinski definition) is 1. The molecule has 1 aliphatic rings. The Balaban J connectivity index is 1.72. The van der Waals surface area contributed by atoms with Crippen LogP contribution in [0.25, 0.3) is 22.2 Å². The fourth-order valence-electron chi connectivity index (χ4n) is 3.58. The van der Waals surface area contributed by atoms with E-state index < -0.39 is 0 Å². The van der Waals surface area contributed by atoms with Crippen molar-refractivity contribution in [1.82, 2.24) is 20.2 Å². The molecular formula is C21H22N4O. The zero-order chi connectivity index (χ0) is 17.9. The molecule has 0 saturated carbocycles. The molecule has 1 aliphatic heterocycles. The number of benzene rings is 1. The predicted molar refractivity (Wildman–Crippen MR) is 103 cm³/mol. The monoisotopic (exact) mass is 346 g/mol. The number of aromatic nitrogens is 2. The topological polar surface area (TPSA) is 58.1 Å². The van der Waals surface area contributed by atoms with E-state index >= 15 is 0 Å². The lowest BCUT2D eigenvalue weighted by Crippen LogP contribution is -2.46. The maximum atomic E-state index is 13.0. The highest BCUT2D eigenvalue weighted by atomic mass is 16.1. The first-order valence-electron chi connectivity index (χ1n) is 9.00. The molecule has 3 heterocycles. The molecular weight excluding hydrogens is 324 g/mol. The summed E-state index contributed by atoms with van der Waals surface area (Å²) in [5.74, 6) is -0.0285. The minimum atomic E-state index is -0.0285. The summed E-state index contributed by atoms with van der Waals surface area (Å²) in [4.78, 5) is 24.1. The molecule has 5 heteroatoms. The van der Waals surface area contributed by atoms with Crippen LogP contribution in [0.5, 0.6) is 0 Å². The molecule has 1 aromatic carbocycles. The summed E-state index contributed by atoms with van der Waals surface area (Å²) in [6.07, 6.45) is 5.62. The number of likely N-dealkylation sites (N-methyl/N-ethyl adjacent to an activating group) is 1. The van der Waals surface area contributed by atoms with Gasteiger partial charge in [0.2, 0.25) is 0 Å². The van der Waals surface area contributed by atoms with Gasteiger partial charge in [0.15, 0.2) is 0 Å². The maximum Gasteiger partial charge on any atom is 0.252 e. The Morgan fingerprint density at radius 1 is 1.19 bits per heavy atom. The van der Waals surface area contributed by atoms with E-state index in [9.17, 15) is 4.79 Å². The molecule has 1 saturated heterocycles. The first kappa shape index (κ1) is 16.7. The first-order valence-corrected chi connectivity index (χ1v) is 9.00. The molecule has 2 aromatic heterocycles. The number of nitrogens with one attached hydrogen (secondary N) is 1. The minimum Gasteiger partial charge on any atom is -0.348 e. The van der Waals surface area contributed by atoms with Crippen molar-refractivity contribution >= 4 is 16.8 Å². The quantitative estimate of drug-likeness (QED) is 0.792. The van der Waals surface area contributed by atoms with Crippen LogP contribution >= 0.6 is 0 Å². The summed E-state index contributed by atoms with van der Waals surface area (Å²) in [5.41, 5.74) is 3.25. The van der Waals surface area contributed by atoms with E-state index in [1.54, 1.807) is 12.4 Å². The molecule has 0 spiro atoms. The number of likely N-dealkylation sites (tertiary alicyclic amines) is 1. The van der Waals surface area contributed by atoms with Crippen LogP contribution in [-0.4, -0.2) is 47.0 Å². The number of piperidine rings is 1. The lowest BCUT2D eigenvalue weighted by molar-refractivity contribution is 0.0914. The van der Waals surface area contributed by atoms with E-state index in [-0.39, 0.29) is 11.9 Å². The summed E-state index contributed by atoms with van der Waals surface area (Å²) in [6.45, 7) is 1.99. The standard InChI is InChI=1S/C21H22N4O/c1-25-12-4-5-16(14-25)23-21(26)18-13-20(15-8-10-22-11-9-15)24-19-7-3-2-6-17(18)19/h2-3,6-11,13,16H,4-5,12,14H2,1H3,(H,23,26)/t16-/m1/s1.